The van der Waals surface area contributed by atoms with Crippen LogP contribution < -0.4 is 10.6 Å². The standard InChI is InChI=1S/C21H37N5.HI/c1-5-22-21(24-16-19(3)20-9-7-6-8-10-20)23-15-18(2)17-26-13-11-25(4)12-14-26;/h6-10,18-19H,5,11-17H2,1-4H3,(H2,22,23,24);1H. The molecule has 1 aliphatic heterocycles. The number of piperazine rings is 1. The largest absolute Gasteiger partial charge is 0.357 e. The highest BCUT2D eigenvalue weighted by Crippen LogP contribution is 2.13. The molecule has 2 rings (SSSR count). The SMILES string of the molecule is CCNC(=NCC(C)CN1CCN(C)CC1)NCC(C)c1ccccc1.I. The number of guanidine groups is 1. The van der Waals surface area contributed by atoms with Gasteiger partial charge < -0.3 is 20.4 Å². The number of hydrogen-bond donors (Lipinski definition) is 2. The van der Waals surface area contributed by atoms with Crippen LogP contribution in [0.25, 0.3) is 0 Å². The number of nitrogens with zero attached hydrogens (tertiary/aromatic N) is 3. The first-order chi connectivity index (χ1) is 12.6. The van der Waals surface area contributed by atoms with Gasteiger partial charge in [0.2, 0.25) is 0 Å². The number of aliphatic imine (C=N–C) groups is 1. The first-order valence-electron chi connectivity index (χ1n) is 10.1. The topological polar surface area (TPSA) is 42.9 Å². The van der Waals surface area contributed by atoms with E-state index >= 15 is 0 Å². The summed E-state index contributed by atoms with van der Waals surface area (Å²) in [5.74, 6) is 1.96. The lowest BCUT2D eigenvalue weighted by molar-refractivity contribution is 0.140. The molecule has 1 fully saturated rings. The van der Waals surface area contributed by atoms with Gasteiger partial charge in [0.05, 0.1) is 0 Å². The van der Waals surface area contributed by atoms with Crippen LogP contribution in [0.5, 0.6) is 0 Å². The molecule has 154 valence electrons. The summed E-state index contributed by atoms with van der Waals surface area (Å²) in [4.78, 5) is 9.79. The molecule has 1 aliphatic rings. The molecule has 1 aromatic carbocycles. The first kappa shape index (κ1) is 24.2. The van der Waals surface area contributed by atoms with Gasteiger partial charge in [-0.3, -0.25) is 4.99 Å². The van der Waals surface area contributed by atoms with Crippen molar-refractivity contribution in [2.24, 2.45) is 10.9 Å². The molecule has 1 aromatic rings. The van der Waals surface area contributed by atoms with Crippen LogP contribution >= 0.6 is 24.0 Å². The highest BCUT2D eigenvalue weighted by Gasteiger charge is 2.16. The molecule has 1 heterocycles. The molecule has 0 aromatic heterocycles. The van der Waals surface area contributed by atoms with Gasteiger partial charge >= 0.3 is 0 Å². The molecule has 27 heavy (non-hydrogen) atoms. The van der Waals surface area contributed by atoms with E-state index in [1.165, 1.54) is 31.7 Å². The monoisotopic (exact) mass is 487 g/mol. The third-order valence-electron chi connectivity index (χ3n) is 5.02. The average Bonchev–Trinajstić information content (AvgIpc) is 2.66. The van der Waals surface area contributed by atoms with Crippen LogP contribution in [0.1, 0.15) is 32.3 Å². The van der Waals surface area contributed by atoms with Crippen molar-refractivity contribution in [3.05, 3.63) is 35.9 Å². The molecule has 0 bridgehead atoms. The second-order valence-electron chi connectivity index (χ2n) is 7.62. The van der Waals surface area contributed by atoms with Crippen LogP contribution in [0.3, 0.4) is 0 Å². The molecular weight excluding hydrogens is 449 g/mol. The zero-order chi connectivity index (χ0) is 18.8. The molecule has 0 spiro atoms. The summed E-state index contributed by atoms with van der Waals surface area (Å²) in [7, 11) is 2.20. The van der Waals surface area contributed by atoms with Gasteiger partial charge in [-0.15, -0.1) is 24.0 Å². The van der Waals surface area contributed by atoms with Crippen molar-refractivity contribution in [2.45, 2.75) is 26.7 Å². The van der Waals surface area contributed by atoms with Gasteiger partial charge in [-0.1, -0.05) is 44.2 Å². The summed E-state index contributed by atoms with van der Waals surface area (Å²) in [6, 6.07) is 10.6. The molecule has 1 saturated heterocycles. The van der Waals surface area contributed by atoms with E-state index in [2.05, 4.69) is 78.6 Å². The number of nitrogens with one attached hydrogen (secondary N) is 2. The fourth-order valence-electron chi connectivity index (χ4n) is 3.27. The van der Waals surface area contributed by atoms with Crippen molar-refractivity contribution in [1.29, 1.82) is 0 Å². The Morgan fingerprint density at radius 1 is 1.07 bits per heavy atom. The van der Waals surface area contributed by atoms with E-state index < -0.39 is 0 Å². The summed E-state index contributed by atoms with van der Waals surface area (Å²) < 4.78 is 0. The summed E-state index contributed by atoms with van der Waals surface area (Å²) >= 11 is 0. The zero-order valence-corrected chi connectivity index (χ0v) is 19.8. The molecule has 0 amide bonds. The fourth-order valence-corrected chi connectivity index (χ4v) is 3.27. The van der Waals surface area contributed by atoms with E-state index in [-0.39, 0.29) is 24.0 Å². The van der Waals surface area contributed by atoms with Gasteiger partial charge in [0.25, 0.3) is 0 Å². The third-order valence-corrected chi connectivity index (χ3v) is 5.02. The van der Waals surface area contributed by atoms with Crippen LogP contribution in [0.4, 0.5) is 0 Å². The Hall–Kier alpha value is -0.860. The minimum absolute atomic E-state index is 0. The predicted octanol–water partition coefficient (Wildman–Crippen LogP) is 2.85. The second kappa shape index (κ2) is 13.3. The lowest BCUT2D eigenvalue weighted by atomic mass is 10.0. The zero-order valence-electron chi connectivity index (χ0n) is 17.4. The minimum Gasteiger partial charge on any atom is -0.357 e. The lowest BCUT2D eigenvalue weighted by Gasteiger charge is -2.33. The van der Waals surface area contributed by atoms with Crippen molar-refractivity contribution in [3.63, 3.8) is 0 Å². The van der Waals surface area contributed by atoms with Gasteiger partial charge in [-0.05, 0) is 31.4 Å². The van der Waals surface area contributed by atoms with Gasteiger partial charge in [0.15, 0.2) is 5.96 Å². The van der Waals surface area contributed by atoms with Crippen molar-refractivity contribution < 1.29 is 0 Å². The number of benzene rings is 1. The Kier molecular flexibility index (Phi) is 11.9. The average molecular weight is 487 g/mol. The Labute approximate surface area is 183 Å². The quantitative estimate of drug-likeness (QED) is 0.336. The molecule has 2 N–H and O–H groups in total. The highest BCUT2D eigenvalue weighted by atomic mass is 127. The highest BCUT2D eigenvalue weighted by molar-refractivity contribution is 14.0. The van der Waals surface area contributed by atoms with Crippen LogP contribution in [-0.2, 0) is 0 Å². The van der Waals surface area contributed by atoms with Gasteiger partial charge in [0, 0.05) is 52.4 Å². The number of hydrogen-bond acceptors (Lipinski definition) is 3. The molecule has 0 radical (unpaired) electrons. The maximum Gasteiger partial charge on any atom is 0.191 e. The second-order valence-corrected chi connectivity index (χ2v) is 7.62. The molecule has 2 atom stereocenters. The summed E-state index contributed by atoms with van der Waals surface area (Å²) in [5, 5.41) is 6.88. The molecule has 0 saturated carbocycles. The van der Waals surface area contributed by atoms with Crippen LogP contribution in [0.2, 0.25) is 0 Å². The molecule has 0 aliphatic carbocycles. The van der Waals surface area contributed by atoms with Gasteiger partial charge in [0.1, 0.15) is 0 Å². The van der Waals surface area contributed by atoms with Crippen molar-refractivity contribution in [2.75, 3.05) is 59.4 Å². The van der Waals surface area contributed by atoms with Crippen LogP contribution in [0.15, 0.2) is 35.3 Å². The van der Waals surface area contributed by atoms with Crippen LogP contribution in [-0.4, -0.2) is 75.2 Å². The van der Waals surface area contributed by atoms with E-state index in [1.54, 1.807) is 0 Å². The van der Waals surface area contributed by atoms with E-state index in [1.807, 2.05) is 0 Å². The smallest absolute Gasteiger partial charge is 0.191 e. The maximum atomic E-state index is 4.82. The van der Waals surface area contributed by atoms with Crippen LogP contribution in [0, 0.1) is 5.92 Å². The third kappa shape index (κ3) is 9.25. The van der Waals surface area contributed by atoms with E-state index in [0.717, 1.165) is 32.1 Å². The van der Waals surface area contributed by atoms with Crippen molar-refractivity contribution in [1.82, 2.24) is 20.4 Å². The number of halogens is 1. The Morgan fingerprint density at radius 2 is 1.74 bits per heavy atom. The van der Waals surface area contributed by atoms with E-state index in [9.17, 15) is 0 Å². The first-order valence-corrected chi connectivity index (χ1v) is 10.1. The van der Waals surface area contributed by atoms with E-state index in [0.29, 0.717) is 11.8 Å². The normalized spacial score (nSPS) is 18.4. The Balaban J connectivity index is 0.00000364. The van der Waals surface area contributed by atoms with E-state index in [4.69, 9.17) is 4.99 Å². The van der Waals surface area contributed by atoms with Gasteiger partial charge in [-0.2, -0.15) is 0 Å². The summed E-state index contributed by atoms with van der Waals surface area (Å²) in [5.41, 5.74) is 1.36. The Morgan fingerprint density at radius 3 is 2.37 bits per heavy atom. The number of likely N-dealkylation sites (N-methyl/N-ethyl adjacent to an activating group) is 1. The van der Waals surface area contributed by atoms with Crippen molar-refractivity contribution in [3.8, 4) is 0 Å². The van der Waals surface area contributed by atoms with Crippen molar-refractivity contribution >= 4 is 29.9 Å². The fraction of sp³-hybridized carbons (Fsp3) is 0.667. The Bertz CT molecular complexity index is 529. The molecular formula is C21H38IN5. The molecule has 2 unspecified atom stereocenters. The maximum absolute atomic E-state index is 4.82. The lowest BCUT2D eigenvalue weighted by Crippen LogP contribution is -2.46. The molecule has 6 heteroatoms. The molecule has 5 nitrogen and oxygen atoms in total. The summed E-state index contributed by atoms with van der Waals surface area (Å²) in [6.45, 7) is 15.2. The number of rotatable bonds is 8. The summed E-state index contributed by atoms with van der Waals surface area (Å²) in [6.07, 6.45) is 0. The van der Waals surface area contributed by atoms with Gasteiger partial charge in [-0.25, -0.2) is 0 Å². The minimum atomic E-state index is 0. The predicted molar refractivity (Wildman–Crippen MR) is 127 cm³/mol.